The van der Waals surface area contributed by atoms with Crippen LogP contribution >= 0.6 is 23.2 Å². The number of nitrogens with one attached hydrogen (secondary N) is 1. The van der Waals surface area contributed by atoms with Gasteiger partial charge in [0.05, 0.1) is 10.6 Å². The lowest BCUT2D eigenvalue weighted by Gasteiger charge is -2.32. The molecule has 3 aromatic rings. The van der Waals surface area contributed by atoms with E-state index in [2.05, 4.69) is 5.32 Å². The second-order valence-electron chi connectivity index (χ2n) is 9.72. The topological polar surface area (TPSA) is 86.8 Å². The Labute approximate surface area is 240 Å². The molecule has 0 aliphatic heterocycles. The molecule has 0 fully saturated rings. The van der Waals surface area contributed by atoms with Crippen molar-refractivity contribution in [3.8, 4) is 0 Å². The number of carbonyl (C=O) groups is 2. The van der Waals surface area contributed by atoms with E-state index in [0.29, 0.717) is 27.8 Å². The number of para-hydroxylation sites is 1. The molecule has 0 unspecified atom stereocenters. The van der Waals surface area contributed by atoms with Crippen LogP contribution in [-0.2, 0) is 26.2 Å². The van der Waals surface area contributed by atoms with Gasteiger partial charge in [-0.25, -0.2) is 8.42 Å². The molecule has 0 saturated carbocycles. The van der Waals surface area contributed by atoms with Crippen LogP contribution in [0.3, 0.4) is 0 Å². The monoisotopic (exact) mass is 589 g/mol. The summed E-state index contributed by atoms with van der Waals surface area (Å²) in [6.07, 6.45) is 0. The lowest BCUT2D eigenvalue weighted by atomic mass is 10.1. The standard InChI is InChI=1S/C29H33Cl2N3O4S/c1-20(2)17-32-29(36)22(4)33(18-23-9-11-24(30)12-10-23)28(35)19-34(27-8-6-5-7-21(27)3)39(37,38)26-15-13-25(31)14-16-26/h5-16,20,22H,17-19H2,1-4H3,(H,32,36)/t22-/m0/s1. The SMILES string of the molecule is Cc1ccccc1N(CC(=O)N(Cc1ccc(Cl)cc1)[C@@H](C)C(=O)NCC(C)C)S(=O)(=O)c1ccc(Cl)cc1. The van der Waals surface area contributed by atoms with E-state index in [1.165, 1.54) is 29.2 Å². The number of carbonyl (C=O) groups excluding carboxylic acids is 2. The summed E-state index contributed by atoms with van der Waals surface area (Å²) >= 11 is 12.0. The molecule has 1 atom stereocenters. The average Bonchev–Trinajstić information content (AvgIpc) is 2.90. The van der Waals surface area contributed by atoms with Crippen LogP contribution in [0.1, 0.15) is 31.9 Å². The summed E-state index contributed by atoms with van der Waals surface area (Å²) in [5.41, 5.74) is 1.79. The second kappa shape index (κ2) is 13.3. The van der Waals surface area contributed by atoms with Gasteiger partial charge in [-0.2, -0.15) is 0 Å². The molecule has 7 nitrogen and oxygen atoms in total. The molecular formula is C29H33Cl2N3O4S. The fourth-order valence-corrected chi connectivity index (χ4v) is 5.64. The third-order valence-corrected chi connectivity index (χ3v) is 8.46. The fourth-order valence-electron chi connectivity index (χ4n) is 3.91. The molecule has 3 aromatic carbocycles. The van der Waals surface area contributed by atoms with Gasteiger partial charge in [0.25, 0.3) is 10.0 Å². The third kappa shape index (κ3) is 7.97. The van der Waals surface area contributed by atoms with Crippen molar-refractivity contribution < 1.29 is 18.0 Å². The number of benzene rings is 3. The Kier molecular flexibility index (Phi) is 10.4. The number of anilines is 1. The van der Waals surface area contributed by atoms with E-state index < -0.39 is 28.5 Å². The van der Waals surface area contributed by atoms with E-state index in [9.17, 15) is 18.0 Å². The summed E-state index contributed by atoms with van der Waals surface area (Å²) in [4.78, 5) is 28.3. The van der Waals surface area contributed by atoms with Crippen molar-refractivity contribution in [3.05, 3.63) is 94.0 Å². The minimum Gasteiger partial charge on any atom is -0.354 e. The van der Waals surface area contributed by atoms with Gasteiger partial charge in [-0.05, 0) is 73.4 Å². The van der Waals surface area contributed by atoms with E-state index in [1.807, 2.05) is 13.8 Å². The Morgan fingerprint density at radius 3 is 2.00 bits per heavy atom. The van der Waals surface area contributed by atoms with E-state index in [1.54, 1.807) is 62.4 Å². The minimum absolute atomic E-state index is 0.00470. The Morgan fingerprint density at radius 2 is 1.44 bits per heavy atom. The maximum Gasteiger partial charge on any atom is 0.264 e. The zero-order valence-corrected chi connectivity index (χ0v) is 24.7. The first-order chi connectivity index (χ1) is 18.4. The minimum atomic E-state index is -4.16. The zero-order valence-electron chi connectivity index (χ0n) is 22.4. The van der Waals surface area contributed by atoms with E-state index in [4.69, 9.17) is 23.2 Å². The van der Waals surface area contributed by atoms with Crippen molar-refractivity contribution in [2.75, 3.05) is 17.4 Å². The number of aryl methyl sites for hydroxylation is 1. The maximum absolute atomic E-state index is 13.9. The maximum atomic E-state index is 13.9. The lowest BCUT2D eigenvalue weighted by Crippen LogP contribution is -2.51. The van der Waals surface area contributed by atoms with E-state index in [0.717, 1.165) is 9.87 Å². The molecule has 1 N–H and O–H groups in total. The molecule has 0 aliphatic rings. The van der Waals surface area contributed by atoms with Crippen molar-refractivity contribution in [2.24, 2.45) is 5.92 Å². The van der Waals surface area contributed by atoms with Crippen LogP contribution in [0, 0.1) is 12.8 Å². The molecule has 0 saturated heterocycles. The predicted molar refractivity (Wildman–Crippen MR) is 156 cm³/mol. The van der Waals surface area contributed by atoms with Crippen LogP contribution in [0.25, 0.3) is 0 Å². The Morgan fingerprint density at radius 1 is 0.872 bits per heavy atom. The normalized spacial score (nSPS) is 12.2. The van der Waals surface area contributed by atoms with Gasteiger partial charge in [0.1, 0.15) is 12.6 Å². The fraction of sp³-hybridized carbons (Fsp3) is 0.310. The summed E-state index contributed by atoms with van der Waals surface area (Å²) in [6.45, 7) is 7.39. The van der Waals surface area contributed by atoms with Crippen molar-refractivity contribution in [1.82, 2.24) is 10.2 Å². The van der Waals surface area contributed by atoms with Gasteiger partial charge < -0.3 is 10.2 Å². The highest BCUT2D eigenvalue weighted by Gasteiger charge is 2.33. The van der Waals surface area contributed by atoms with Crippen LogP contribution in [0.2, 0.25) is 10.0 Å². The highest BCUT2D eigenvalue weighted by Crippen LogP contribution is 2.28. The van der Waals surface area contributed by atoms with Gasteiger partial charge in [0, 0.05) is 23.1 Å². The largest absolute Gasteiger partial charge is 0.354 e. The lowest BCUT2D eigenvalue weighted by molar-refractivity contribution is -0.139. The number of sulfonamides is 1. The van der Waals surface area contributed by atoms with Gasteiger partial charge in [0.2, 0.25) is 11.8 Å². The van der Waals surface area contributed by atoms with Crippen molar-refractivity contribution >= 4 is 50.7 Å². The quantitative estimate of drug-likeness (QED) is 0.311. The van der Waals surface area contributed by atoms with E-state index in [-0.39, 0.29) is 23.3 Å². The molecule has 0 aromatic heterocycles. The van der Waals surface area contributed by atoms with Crippen LogP contribution < -0.4 is 9.62 Å². The highest BCUT2D eigenvalue weighted by atomic mass is 35.5. The number of hydrogen-bond donors (Lipinski definition) is 1. The molecule has 208 valence electrons. The predicted octanol–water partition coefficient (Wildman–Crippen LogP) is 5.69. The molecule has 0 heterocycles. The van der Waals surface area contributed by atoms with Gasteiger partial charge in [-0.3, -0.25) is 13.9 Å². The molecule has 39 heavy (non-hydrogen) atoms. The van der Waals surface area contributed by atoms with Gasteiger partial charge in [0.15, 0.2) is 0 Å². The molecule has 0 bridgehead atoms. The number of rotatable bonds is 11. The third-order valence-electron chi connectivity index (χ3n) is 6.18. The molecular weight excluding hydrogens is 557 g/mol. The summed E-state index contributed by atoms with van der Waals surface area (Å²) < 4.78 is 28.8. The number of nitrogens with zero attached hydrogens (tertiary/aromatic N) is 2. The van der Waals surface area contributed by atoms with Crippen LogP contribution in [-0.4, -0.2) is 44.3 Å². The molecule has 2 amide bonds. The first kappa shape index (κ1) is 30.5. The second-order valence-corrected chi connectivity index (χ2v) is 12.5. The summed E-state index contributed by atoms with van der Waals surface area (Å²) in [7, 11) is -4.16. The Bertz CT molecular complexity index is 1390. The van der Waals surface area contributed by atoms with Crippen molar-refractivity contribution in [1.29, 1.82) is 0 Å². The van der Waals surface area contributed by atoms with Crippen LogP contribution in [0.15, 0.2) is 77.7 Å². The summed E-state index contributed by atoms with van der Waals surface area (Å²) in [5, 5.41) is 3.80. The Balaban J connectivity index is 2.02. The summed E-state index contributed by atoms with van der Waals surface area (Å²) in [6, 6.07) is 18.8. The molecule has 0 radical (unpaired) electrons. The number of halogens is 2. The van der Waals surface area contributed by atoms with Crippen LogP contribution in [0.5, 0.6) is 0 Å². The Hall–Kier alpha value is -3.07. The molecule has 0 spiro atoms. The number of amides is 2. The first-order valence-electron chi connectivity index (χ1n) is 12.6. The average molecular weight is 591 g/mol. The highest BCUT2D eigenvalue weighted by molar-refractivity contribution is 7.92. The number of hydrogen-bond acceptors (Lipinski definition) is 4. The van der Waals surface area contributed by atoms with Crippen molar-refractivity contribution in [3.63, 3.8) is 0 Å². The van der Waals surface area contributed by atoms with Gasteiger partial charge in [-0.1, -0.05) is 67.4 Å². The zero-order chi connectivity index (χ0) is 28.7. The molecule has 10 heteroatoms. The first-order valence-corrected chi connectivity index (χ1v) is 14.7. The molecule has 3 rings (SSSR count). The van der Waals surface area contributed by atoms with Gasteiger partial charge in [-0.15, -0.1) is 0 Å². The molecule has 0 aliphatic carbocycles. The smallest absolute Gasteiger partial charge is 0.264 e. The van der Waals surface area contributed by atoms with Gasteiger partial charge >= 0.3 is 0 Å². The van der Waals surface area contributed by atoms with Crippen LogP contribution in [0.4, 0.5) is 5.69 Å². The van der Waals surface area contributed by atoms with Crippen molar-refractivity contribution in [2.45, 2.75) is 45.2 Å². The van der Waals surface area contributed by atoms with E-state index >= 15 is 0 Å². The summed E-state index contributed by atoms with van der Waals surface area (Å²) in [5.74, 6) is -0.630.